The van der Waals surface area contributed by atoms with Crippen molar-refractivity contribution in [3.63, 3.8) is 0 Å². The molecular formula is C13H20N2. The Labute approximate surface area is 91.9 Å². The van der Waals surface area contributed by atoms with Crippen LogP contribution in [0.5, 0.6) is 0 Å². The van der Waals surface area contributed by atoms with Crippen molar-refractivity contribution in [2.45, 2.75) is 31.8 Å². The van der Waals surface area contributed by atoms with Crippen molar-refractivity contribution in [3.8, 4) is 0 Å². The molecule has 2 heteroatoms. The maximum Gasteiger partial charge on any atom is 0.0333 e. The highest BCUT2D eigenvalue weighted by molar-refractivity contribution is 5.19. The van der Waals surface area contributed by atoms with Crippen LogP contribution in [-0.2, 0) is 0 Å². The molecular weight excluding hydrogens is 184 g/mol. The average molecular weight is 204 g/mol. The lowest BCUT2D eigenvalue weighted by Crippen LogP contribution is -2.30. The van der Waals surface area contributed by atoms with Crippen molar-refractivity contribution in [2.75, 3.05) is 6.54 Å². The molecule has 3 N–H and O–H groups in total. The molecule has 0 spiro atoms. The molecule has 0 heterocycles. The zero-order valence-corrected chi connectivity index (χ0v) is 9.32. The van der Waals surface area contributed by atoms with Crippen LogP contribution in [0.4, 0.5) is 0 Å². The van der Waals surface area contributed by atoms with Crippen LogP contribution in [-0.4, -0.2) is 12.6 Å². The van der Waals surface area contributed by atoms with Crippen LogP contribution in [0.3, 0.4) is 0 Å². The van der Waals surface area contributed by atoms with Gasteiger partial charge in [0.2, 0.25) is 0 Å². The first-order valence-electron chi connectivity index (χ1n) is 5.81. The van der Waals surface area contributed by atoms with Crippen LogP contribution < -0.4 is 11.1 Å². The molecule has 2 atom stereocenters. The third-order valence-electron chi connectivity index (χ3n) is 3.10. The fourth-order valence-electron chi connectivity index (χ4n) is 1.77. The standard InChI is InChI=1S/C13H20N2/c1-10(9-15-12-7-8-12)13(14)11-5-3-2-4-6-11/h2-6,10,12-13,15H,7-9,14H2,1H3. The van der Waals surface area contributed by atoms with Gasteiger partial charge in [-0.15, -0.1) is 0 Å². The number of nitrogens with one attached hydrogen (secondary N) is 1. The summed E-state index contributed by atoms with van der Waals surface area (Å²) >= 11 is 0. The van der Waals surface area contributed by atoms with Crippen molar-refractivity contribution in [2.24, 2.45) is 11.7 Å². The van der Waals surface area contributed by atoms with Crippen molar-refractivity contribution in [1.29, 1.82) is 0 Å². The predicted octanol–water partition coefficient (Wildman–Crippen LogP) is 2.07. The Morgan fingerprint density at radius 2 is 2.00 bits per heavy atom. The summed E-state index contributed by atoms with van der Waals surface area (Å²) in [7, 11) is 0. The Hall–Kier alpha value is -0.860. The van der Waals surface area contributed by atoms with Gasteiger partial charge in [-0.3, -0.25) is 0 Å². The molecule has 2 nitrogen and oxygen atoms in total. The van der Waals surface area contributed by atoms with Crippen LogP contribution in [0.2, 0.25) is 0 Å². The van der Waals surface area contributed by atoms with Gasteiger partial charge in [-0.05, 0) is 30.9 Å². The fraction of sp³-hybridized carbons (Fsp3) is 0.538. The third-order valence-corrected chi connectivity index (χ3v) is 3.10. The van der Waals surface area contributed by atoms with Crippen molar-refractivity contribution in [1.82, 2.24) is 5.32 Å². The van der Waals surface area contributed by atoms with E-state index in [-0.39, 0.29) is 6.04 Å². The molecule has 1 aromatic rings. The van der Waals surface area contributed by atoms with Crippen LogP contribution in [0.15, 0.2) is 30.3 Å². The molecule has 1 aliphatic rings. The van der Waals surface area contributed by atoms with E-state index < -0.39 is 0 Å². The molecule has 0 aromatic heterocycles. The monoisotopic (exact) mass is 204 g/mol. The summed E-state index contributed by atoms with van der Waals surface area (Å²) in [6.07, 6.45) is 2.68. The van der Waals surface area contributed by atoms with Crippen LogP contribution in [0.25, 0.3) is 0 Å². The number of hydrogen-bond acceptors (Lipinski definition) is 2. The molecule has 1 saturated carbocycles. The minimum Gasteiger partial charge on any atom is -0.324 e. The predicted molar refractivity (Wildman–Crippen MR) is 63.6 cm³/mol. The SMILES string of the molecule is CC(CNC1CC1)C(N)c1ccccc1. The van der Waals surface area contributed by atoms with E-state index in [1.165, 1.54) is 18.4 Å². The largest absolute Gasteiger partial charge is 0.324 e. The molecule has 0 amide bonds. The van der Waals surface area contributed by atoms with Gasteiger partial charge in [-0.1, -0.05) is 37.3 Å². The molecule has 0 aliphatic heterocycles. The minimum absolute atomic E-state index is 0.150. The zero-order valence-electron chi connectivity index (χ0n) is 9.32. The second kappa shape index (κ2) is 4.77. The Balaban J connectivity index is 1.85. The molecule has 1 aromatic carbocycles. The zero-order chi connectivity index (χ0) is 10.7. The first-order chi connectivity index (χ1) is 7.27. The van der Waals surface area contributed by atoms with Gasteiger partial charge in [0.15, 0.2) is 0 Å². The van der Waals surface area contributed by atoms with Gasteiger partial charge in [0.1, 0.15) is 0 Å². The summed E-state index contributed by atoms with van der Waals surface area (Å²) in [6, 6.07) is 11.3. The summed E-state index contributed by atoms with van der Waals surface area (Å²) in [4.78, 5) is 0. The van der Waals surface area contributed by atoms with E-state index in [2.05, 4.69) is 36.5 Å². The van der Waals surface area contributed by atoms with Gasteiger partial charge in [0.05, 0.1) is 0 Å². The van der Waals surface area contributed by atoms with E-state index in [1.807, 2.05) is 6.07 Å². The van der Waals surface area contributed by atoms with Gasteiger partial charge >= 0.3 is 0 Å². The van der Waals surface area contributed by atoms with Crippen LogP contribution >= 0.6 is 0 Å². The van der Waals surface area contributed by atoms with Crippen molar-refractivity contribution >= 4 is 0 Å². The maximum atomic E-state index is 6.21. The second-order valence-corrected chi connectivity index (χ2v) is 4.60. The molecule has 1 aliphatic carbocycles. The molecule has 0 radical (unpaired) electrons. The molecule has 1 fully saturated rings. The van der Waals surface area contributed by atoms with Crippen LogP contribution in [0, 0.1) is 5.92 Å². The molecule has 0 saturated heterocycles. The van der Waals surface area contributed by atoms with Crippen molar-refractivity contribution in [3.05, 3.63) is 35.9 Å². The topological polar surface area (TPSA) is 38.0 Å². The van der Waals surface area contributed by atoms with E-state index in [0.717, 1.165) is 12.6 Å². The minimum atomic E-state index is 0.150. The maximum absolute atomic E-state index is 6.21. The summed E-state index contributed by atoms with van der Waals surface area (Å²) in [6.45, 7) is 3.24. The van der Waals surface area contributed by atoms with Gasteiger partial charge < -0.3 is 11.1 Å². The lowest BCUT2D eigenvalue weighted by atomic mass is 9.95. The lowest BCUT2D eigenvalue weighted by Gasteiger charge is -2.20. The summed E-state index contributed by atoms with van der Waals surface area (Å²) < 4.78 is 0. The van der Waals surface area contributed by atoms with Crippen LogP contribution in [0.1, 0.15) is 31.4 Å². The van der Waals surface area contributed by atoms with Gasteiger partial charge in [-0.2, -0.15) is 0 Å². The number of benzene rings is 1. The molecule has 2 rings (SSSR count). The summed E-state index contributed by atoms with van der Waals surface area (Å²) in [5.74, 6) is 0.494. The van der Waals surface area contributed by atoms with E-state index in [0.29, 0.717) is 5.92 Å². The highest BCUT2D eigenvalue weighted by Gasteiger charge is 2.22. The Morgan fingerprint density at radius 1 is 1.33 bits per heavy atom. The molecule has 82 valence electrons. The van der Waals surface area contributed by atoms with Gasteiger partial charge in [-0.25, -0.2) is 0 Å². The summed E-state index contributed by atoms with van der Waals surface area (Å²) in [5.41, 5.74) is 7.44. The highest BCUT2D eigenvalue weighted by Crippen LogP contribution is 2.22. The van der Waals surface area contributed by atoms with E-state index in [1.54, 1.807) is 0 Å². The van der Waals surface area contributed by atoms with Crippen molar-refractivity contribution < 1.29 is 0 Å². The number of hydrogen-bond donors (Lipinski definition) is 2. The first-order valence-corrected chi connectivity index (χ1v) is 5.81. The second-order valence-electron chi connectivity index (χ2n) is 4.60. The first kappa shape index (κ1) is 10.7. The average Bonchev–Trinajstić information content (AvgIpc) is 3.10. The molecule has 2 unspecified atom stereocenters. The number of rotatable bonds is 5. The highest BCUT2D eigenvalue weighted by atomic mass is 15.0. The van der Waals surface area contributed by atoms with E-state index >= 15 is 0 Å². The smallest absolute Gasteiger partial charge is 0.0333 e. The molecule has 15 heavy (non-hydrogen) atoms. The lowest BCUT2D eigenvalue weighted by molar-refractivity contribution is 0.433. The Morgan fingerprint density at radius 3 is 2.60 bits per heavy atom. The third kappa shape index (κ3) is 3.05. The van der Waals surface area contributed by atoms with E-state index in [9.17, 15) is 0 Å². The van der Waals surface area contributed by atoms with Gasteiger partial charge in [0, 0.05) is 12.1 Å². The van der Waals surface area contributed by atoms with Gasteiger partial charge in [0.25, 0.3) is 0 Å². The number of nitrogens with two attached hydrogens (primary N) is 1. The summed E-state index contributed by atoms with van der Waals surface area (Å²) in [5, 5.41) is 3.53. The van der Waals surface area contributed by atoms with E-state index in [4.69, 9.17) is 5.73 Å². The normalized spacial score (nSPS) is 19.9. The Bertz CT molecular complexity index is 293. The Kier molecular flexibility index (Phi) is 3.39. The quantitative estimate of drug-likeness (QED) is 0.770. The fourth-order valence-corrected chi connectivity index (χ4v) is 1.77. The molecule has 0 bridgehead atoms.